The smallest absolute Gasteiger partial charge is 0.328 e. The number of methoxy groups -OCH3 is 2. The Morgan fingerprint density at radius 2 is 1.77 bits per heavy atom. The van der Waals surface area contributed by atoms with Crippen molar-refractivity contribution in [1.82, 2.24) is 10.2 Å². The molecule has 7 heteroatoms. The minimum atomic E-state index is -0.750. The average molecular weight is 368 g/mol. The van der Waals surface area contributed by atoms with E-state index in [2.05, 4.69) is 19.2 Å². The third kappa shape index (κ3) is 3.46. The van der Waals surface area contributed by atoms with Crippen molar-refractivity contribution in [2.45, 2.75) is 59.7 Å². The highest BCUT2D eigenvalue weighted by Gasteiger charge is 2.70. The molecule has 26 heavy (non-hydrogen) atoms. The fourth-order valence-electron chi connectivity index (χ4n) is 4.08. The van der Waals surface area contributed by atoms with Crippen LogP contribution in [0.3, 0.4) is 0 Å². The van der Waals surface area contributed by atoms with Gasteiger partial charge in [0, 0.05) is 19.6 Å². The number of nitrogens with one attached hydrogen (secondary N) is 1. The number of carbonyl (C=O) groups is 3. The van der Waals surface area contributed by atoms with Gasteiger partial charge >= 0.3 is 5.97 Å². The van der Waals surface area contributed by atoms with Crippen LogP contribution in [0.4, 0.5) is 0 Å². The third-order valence-electron chi connectivity index (χ3n) is 6.06. The first-order valence-corrected chi connectivity index (χ1v) is 9.09. The highest BCUT2D eigenvalue weighted by molar-refractivity contribution is 5.93. The Labute approximate surface area is 155 Å². The largest absolute Gasteiger partial charge is 0.467 e. The van der Waals surface area contributed by atoms with E-state index in [9.17, 15) is 14.4 Å². The highest BCUT2D eigenvalue weighted by atomic mass is 16.5. The van der Waals surface area contributed by atoms with Crippen molar-refractivity contribution in [2.24, 2.45) is 22.7 Å². The average Bonchev–Trinajstić information content (AvgIpc) is 2.92. The highest BCUT2D eigenvalue weighted by Crippen LogP contribution is 2.65. The fourth-order valence-corrected chi connectivity index (χ4v) is 4.08. The van der Waals surface area contributed by atoms with Crippen LogP contribution in [0.25, 0.3) is 0 Å². The molecule has 0 unspecified atom stereocenters. The lowest BCUT2D eigenvalue weighted by Gasteiger charge is -2.37. The summed E-state index contributed by atoms with van der Waals surface area (Å²) in [6.45, 7) is 12.0. The number of likely N-dealkylation sites (tertiary alicyclic amines) is 1. The van der Waals surface area contributed by atoms with Gasteiger partial charge in [-0.15, -0.1) is 0 Å². The van der Waals surface area contributed by atoms with Gasteiger partial charge in [0.25, 0.3) is 0 Å². The summed E-state index contributed by atoms with van der Waals surface area (Å²) in [5.74, 6) is -0.591. The Kier molecular flexibility index (Phi) is 5.43. The molecule has 1 aliphatic carbocycles. The zero-order chi connectivity index (χ0) is 20.0. The van der Waals surface area contributed by atoms with Gasteiger partial charge in [-0.2, -0.15) is 0 Å². The SMILES string of the molecule is COC(=O)[C@@H]1[C@@H]2[C@H](CN1C(=O)[C@@H](NC(=O)[C@H](C)OC)C(C)(C)C)C2(C)C. The van der Waals surface area contributed by atoms with E-state index < -0.39 is 23.6 Å². The normalized spacial score (nSPS) is 28.8. The molecule has 7 nitrogen and oxygen atoms in total. The summed E-state index contributed by atoms with van der Waals surface area (Å²) in [6, 6.07) is -1.34. The van der Waals surface area contributed by atoms with Gasteiger partial charge < -0.3 is 19.7 Å². The molecular weight excluding hydrogens is 336 g/mol. The summed E-state index contributed by atoms with van der Waals surface area (Å²) >= 11 is 0. The molecule has 5 atom stereocenters. The monoisotopic (exact) mass is 368 g/mol. The lowest BCUT2D eigenvalue weighted by atomic mass is 9.85. The van der Waals surface area contributed by atoms with Gasteiger partial charge in [-0.25, -0.2) is 4.79 Å². The lowest BCUT2D eigenvalue weighted by molar-refractivity contribution is -0.155. The maximum Gasteiger partial charge on any atom is 0.328 e. The number of nitrogens with zero attached hydrogens (tertiary/aromatic N) is 1. The van der Waals surface area contributed by atoms with Crippen LogP contribution in [0.15, 0.2) is 0 Å². The second-order valence-electron chi connectivity index (χ2n) is 9.10. The minimum Gasteiger partial charge on any atom is -0.467 e. The van der Waals surface area contributed by atoms with Gasteiger partial charge in [0.15, 0.2) is 0 Å². The summed E-state index contributed by atoms with van der Waals surface area (Å²) < 4.78 is 10.0. The summed E-state index contributed by atoms with van der Waals surface area (Å²) in [4.78, 5) is 39.6. The molecule has 1 saturated heterocycles. The van der Waals surface area contributed by atoms with E-state index in [-0.39, 0.29) is 35.0 Å². The summed E-state index contributed by atoms with van der Waals surface area (Å²) in [5, 5.41) is 2.80. The Balaban J connectivity index is 2.25. The Bertz CT molecular complexity index is 595. The van der Waals surface area contributed by atoms with Crippen molar-refractivity contribution in [1.29, 1.82) is 0 Å². The summed E-state index contributed by atoms with van der Waals surface area (Å²) in [5.41, 5.74) is -0.482. The number of hydrogen-bond acceptors (Lipinski definition) is 5. The van der Waals surface area contributed by atoms with Crippen LogP contribution in [-0.2, 0) is 23.9 Å². The van der Waals surface area contributed by atoms with Crippen molar-refractivity contribution >= 4 is 17.8 Å². The Morgan fingerprint density at radius 3 is 2.23 bits per heavy atom. The number of carbonyl (C=O) groups excluding carboxylic acids is 3. The van der Waals surface area contributed by atoms with Gasteiger partial charge in [0.05, 0.1) is 7.11 Å². The maximum absolute atomic E-state index is 13.3. The van der Waals surface area contributed by atoms with Gasteiger partial charge in [-0.05, 0) is 23.7 Å². The van der Waals surface area contributed by atoms with Crippen molar-refractivity contribution in [3.63, 3.8) is 0 Å². The third-order valence-corrected chi connectivity index (χ3v) is 6.06. The number of amides is 2. The van der Waals surface area contributed by atoms with Crippen LogP contribution in [0.1, 0.15) is 41.5 Å². The second kappa shape index (κ2) is 6.83. The van der Waals surface area contributed by atoms with Crippen LogP contribution < -0.4 is 5.32 Å². The first-order chi connectivity index (χ1) is 11.9. The van der Waals surface area contributed by atoms with Gasteiger partial charge in [-0.3, -0.25) is 9.59 Å². The van der Waals surface area contributed by atoms with E-state index >= 15 is 0 Å². The zero-order valence-electron chi connectivity index (χ0n) is 17.1. The molecule has 1 aliphatic heterocycles. The predicted molar refractivity (Wildman–Crippen MR) is 96.1 cm³/mol. The first kappa shape index (κ1) is 20.7. The molecule has 0 spiro atoms. The number of esters is 1. The van der Waals surface area contributed by atoms with E-state index in [1.165, 1.54) is 14.2 Å². The summed E-state index contributed by atoms with van der Waals surface area (Å²) in [7, 11) is 2.79. The van der Waals surface area contributed by atoms with Gasteiger partial charge in [-0.1, -0.05) is 34.6 Å². The van der Waals surface area contributed by atoms with Crippen LogP contribution in [0.5, 0.6) is 0 Å². The number of fused-ring (bicyclic) bond motifs is 1. The molecule has 2 amide bonds. The number of hydrogen-bond donors (Lipinski definition) is 1. The van der Waals surface area contributed by atoms with Crippen LogP contribution in [-0.4, -0.2) is 61.6 Å². The Morgan fingerprint density at radius 1 is 1.19 bits per heavy atom. The molecule has 1 saturated carbocycles. The maximum atomic E-state index is 13.3. The summed E-state index contributed by atoms with van der Waals surface area (Å²) in [6.07, 6.45) is -0.657. The van der Waals surface area contributed by atoms with Crippen molar-refractivity contribution in [3.05, 3.63) is 0 Å². The fraction of sp³-hybridized carbons (Fsp3) is 0.842. The van der Waals surface area contributed by atoms with E-state index in [4.69, 9.17) is 9.47 Å². The van der Waals surface area contributed by atoms with E-state index in [0.717, 1.165) is 0 Å². The van der Waals surface area contributed by atoms with Crippen LogP contribution in [0.2, 0.25) is 0 Å². The minimum absolute atomic E-state index is 0.0285. The van der Waals surface area contributed by atoms with Gasteiger partial charge in [0.2, 0.25) is 11.8 Å². The molecule has 0 aromatic rings. The molecule has 2 rings (SSSR count). The molecule has 0 radical (unpaired) electrons. The topological polar surface area (TPSA) is 84.9 Å². The molecular formula is C19H32N2O5. The quantitative estimate of drug-likeness (QED) is 0.737. The number of ether oxygens (including phenoxy) is 2. The number of rotatable bonds is 5. The van der Waals surface area contributed by atoms with Crippen molar-refractivity contribution < 1.29 is 23.9 Å². The molecule has 148 valence electrons. The molecule has 0 aromatic carbocycles. The molecule has 0 aromatic heterocycles. The standard InChI is InChI=1S/C19H32N2O5/c1-10(25-7)15(22)20-14(18(2,3)4)16(23)21-9-11-12(19(11,5)6)13(21)17(24)26-8/h10-14H,9H2,1-8H3,(H,20,22)/t10-,11-,12-,13-,14+/m0/s1. The molecule has 2 aliphatic rings. The van der Waals surface area contributed by atoms with Gasteiger partial charge in [0.1, 0.15) is 18.2 Å². The lowest BCUT2D eigenvalue weighted by Crippen LogP contribution is -2.59. The number of piperidine rings is 1. The van der Waals surface area contributed by atoms with Crippen molar-refractivity contribution in [3.8, 4) is 0 Å². The molecule has 1 heterocycles. The van der Waals surface area contributed by atoms with E-state index in [0.29, 0.717) is 6.54 Å². The Hall–Kier alpha value is -1.63. The van der Waals surface area contributed by atoms with Crippen LogP contribution >= 0.6 is 0 Å². The predicted octanol–water partition coefficient (Wildman–Crippen LogP) is 1.21. The van der Waals surface area contributed by atoms with E-state index in [1.54, 1.807) is 11.8 Å². The zero-order valence-corrected chi connectivity index (χ0v) is 17.1. The first-order valence-electron chi connectivity index (χ1n) is 9.09. The second-order valence-corrected chi connectivity index (χ2v) is 9.10. The molecule has 0 bridgehead atoms. The van der Waals surface area contributed by atoms with E-state index in [1.807, 2.05) is 20.8 Å². The van der Waals surface area contributed by atoms with Crippen molar-refractivity contribution in [2.75, 3.05) is 20.8 Å². The molecule has 1 N–H and O–H groups in total. The molecule has 2 fully saturated rings. The van der Waals surface area contributed by atoms with Crippen LogP contribution in [0, 0.1) is 22.7 Å².